The molecule has 0 atom stereocenters. The Hall–Kier alpha value is -3.19. The first-order valence-corrected chi connectivity index (χ1v) is 9.35. The van der Waals surface area contributed by atoms with E-state index in [9.17, 15) is 4.79 Å². The zero-order valence-electron chi connectivity index (χ0n) is 14.9. The Morgan fingerprint density at radius 1 is 1.19 bits per heavy atom. The first-order chi connectivity index (χ1) is 13.1. The Bertz CT molecular complexity index is 1100. The molecular weight excluding hydrogens is 362 g/mol. The minimum atomic E-state index is -0.259. The van der Waals surface area contributed by atoms with Gasteiger partial charge < -0.3 is 9.26 Å². The molecule has 4 rings (SSSR count). The highest BCUT2D eigenvalue weighted by atomic mass is 32.1. The average Bonchev–Trinajstić information content (AvgIpc) is 3.24. The van der Waals surface area contributed by atoms with Gasteiger partial charge in [0, 0.05) is 6.07 Å². The van der Waals surface area contributed by atoms with E-state index >= 15 is 0 Å². The second-order valence-corrected chi connectivity index (χ2v) is 6.96. The van der Waals surface area contributed by atoms with Crippen LogP contribution in [-0.4, -0.2) is 16.0 Å². The Balaban J connectivity index is 1.56. The number of carbonyl (C=O) groups excluding carboxylic acids is 1. The number of hydrogen-bond donors (Lipinski definition) is 1. The number of nitrogens with one attached hydrogen (secondary N) is 1. The van der Waals surface area contributed by atoms with Crippen molar-refractivity contribution in [3.05, 3.63) is 65.5 Å². The molecule has 7 heteroatoms. The number of rotatable bonds is 5. The van der Waals surface area contributed by atoms with E-state index in [0.717, 1.165) is 21.7 Å². The van der Waals surface area contributed by atoms with Crippen molar-refractivity contribution in [1.82, 2.24) is 10.1 Å². The van der Waals surface area contributed by atoms with Crippen LogP contribution in [0.5, 0.6) is 11.5 Å². The molecule has 0 bridgehead atoms. The van der Waals surface area contributed by atoms with Crippen molar-refractivity contribution in [1.29, 1.82) is 0 Å². The van der Waals surface area contributed by atoms with E-state index in [1.165, 1.54) is 11.3 Å². The number of aromatic nitrogens is 2. The van der Waals surface area contributed by atoms with Gasteiger partial charge in [-0.3, -0.25) is 10.1 Å². The Labute approximate surface area is 159 Å². The van der Waals surface area contributed by atoms with Crippen molar-refractivity contribution in [3.8, 4) is 11.5 Å². The first kappa shape index (κ1) is 17.2. The molecule has 0 fully saturated rings. The molecule has 136 valence electrons. The van der Waals surface area contributed by atoms with Gasteiger partial charge >= 0.3 is 0 Å². The quantitative estimate of drug-likeness (QED) is 0.516. The highest BCUT2D eigenvalue weighted by Gasteiger charge is 2.20. The van der Waals surface area contributed by atoms with Gasteiger partial charge in [0.05, 0.1) is 15.9 Å². The fourth-order valence-electron chi connectivity index (χ4n) is 2.76. The van der Waals surface area contributed by atoms with Gasteiger partial charge in [-0.1, -0.05) is 41.6 Å². The third kappa shape index (κ3) is 3.54. The molecule has 2 aromatic carbocycles. The molecule has 6 nitrogen and oxygen atoms in total. The van der Waals surface area contributed by atoms with E-state index in [-0.39, 0.29) is 5.91 Å². The maximum Gasteiger partial charge on any atom is 0.262 e. The van der Waals surface area contributed by atoms with Crippen LogP contribution in [-0.2, 0) is 6.42 Å². The number of amides is 1. The minimum Gasteiger partial charge on any atom is -0.457 e. The molecule has 1 N–H and O–H groups in total. The van der Waals surface area contributed by atoms with E-state index in [1.807, 2.05) is 55.5 Å². The fourth-order valence-corrected chi connectivity index (χ4v) is 3.65. The highest BCUT2D eigenvalue weighted by Crippen LogP contribution is 2.31. The molecule has 0 spiro atoms. The van der Waals surface area contributed by atoms with E-state index in [0.29, 0.717) is 28.6 Å². The van der Waals surface area contributed by atoms with Crippen molar-refractivity contribution in [2.75, 3.05) is 5.32 Å². The zero-order chi connectivity index (χ0) is 18.8. The number of anilines is 1. The summed E-state index contributed by atoms with van der Waals surface area (Å²) < 4.78 is 11.9. The number of para-hydroxylation sites is 1. The molecular formula is C20H17N3O3S. The van der Waals surface area contributed by atoms with E-state index in [2.05, 4.69) is 15.5 Å². The predicted molar refractivity (Wildman–Crippen MR) is 105 cm³/mol. The largest absolute Gasteiger partial charge is 0.457 e. The lowest BCUT2D eigenvalue weighted by atomic mass is 10.1. The number of hydrogen-bond acceptors (Lipinski definition) is 6. The lowest BCUT2D eigenvalue weighted by Crippen LogP contribution is -2.14. The van der Waals surface area contributed by atoms with Crippen molar-refractivity contribution >= 4 is 32.6 Å². The maximum atomic E-state index is 12.6. The topological polar surface area (TPSA) is 77.3 Å². The summed E-state index contributed by atoms with van der Waals surface area (Å²) in [6, 6.07) is 15.2. The van der Waals surface area contributed by atoms with Gasteiger partial charge in [0.1, 0.15) is 22.8 Å². The molecule has 0 saturated carbocycles. The van der Waals surface area contributed by atoms with E-state index in [4.69, 9.17) is 9.26 Å². The summed E-state index contributed by atoms with van der Waals surface area (Å²) in [7, 11) is 0. The number of nitrogens with zero attached hydrogens (tertiary/aromatic N) is 2. The molecule has 0 aliphatic heterocycles. The molecule has 2 heterocycles. The van der Waals surface area contributed by atoms with Crippen molar-refractivity contribution in [3.63, 3.8) is 0 Å². The van der Waals surface area contributed by atoms with Gasteiger partial charge in [-0.25, -0.2) is 4.98 Å². The monoisotopic (exact) mass is 379 g/mol. The maximum absolute atomic E-state index is 12.6. The minimum absolute atomic E-state index is 0.259. The highest BCUT2D eigenvalue weighted by molar-refractivity contribution is 7.22. The van der Waals surface area contributed by atoms with Gasteiger partial charge in [-0.15, -0.1) is 0 Å². The Morgan fingerprint density at radius 3 is 2.78 bits per heavy atom. The average molecular weight is 379 g/mol. The van der Waals surface area contributed by atoms with Crippen molar-refractivity contribution in [2.45, 2.75) is 20.3 Å². The predicted octanol–water partition coefficient (Wildman–Crippen LogP) is 5.20. The van der Waals surface area contributed by atoms with Crippen LogP contribution in [0.15, 0.2) is 53.1 Å². The third-order valence-electron chi connectivity index (χ3n) is 4.05. The number of benzene rings is 2. The molecule has 27 heavy (non-hydrogen) atoms. The summed E-state index contributed by atoms with van der Waals surface area (Å²) in [5.41, 5.74) is 1.92. The summed E-state index contributed by atoms with van der Waals surface area (Å²) >= 11 is 1.39. The number of thiazole rings is 1. The molecule has 0 aliphatic rings. The third-order valence-corrected chi connectivity index (χ3v) is 4.99. The van der Waals surface area contributed by atoms with Crippen molar-refractivity contribution < 1.29 is 14.1 Å². The number of aryl methyl sites for hydroxylation is 2. The molecule has 0 aliphatic carbocycles. The van der Waals surface area contributed by atoms with Gasteiger partial charge in [-0.05, 0) is 37.6 Å². The lowest BCUT2D eigenvalue weighted by Gasteiger charge is -2.04. The second kappa shape index (κ2) is 7.20. The number of carbonyl (C=O) groups is 1. The Morgan fingerprint density at radius 2 is 2.00 bits per heavy atom. The molecule has 2 aromatic heterocycles. The number of ether oxygens (including phenoxy) is 1. The zero-order valence-corrected chi connectivity index (χ0v) is 15.7. The SMILES string of the molecule is CCc1noc(C)c1C(=O)Nc1nc2ccc(Oc3ccccc3)cc2s1. The summed E-state index contributed by atoms with van der Waals surface area (Å²) in [5, 5.41) is 7.29. The summed E-state index contributed by atoms with van der Waals surface area (Å²) in [6.07, 6.45) is 0.625. The van der Waals surface area contributed by atoms with Crippen LogP contribution in [0.4, 0.5) is 5.13 Å². The molecule has 4 aromatic rings. The van der Waals surface area contributed by atoms with Crippen LogP contribution in [0.1, 0.15) is 28.7 Å². The molecule has 0 unspecified atom stereocenters. The van der Waals surface area contributed by atoms with E-state index in [1.54, 1.807) is 6.92 Å². The molecule has 0 radical (unpaired) electrons. The van der Waals surface area contributed by atoms with Gasteiger partial charge in [0.25, 0.3) is 5.91 Å². The summed E-state index contributed by atoms with van der Waals surface area (Å²) in [5.74, 6) is 1.73. The standard InChI is InChI=1S/C20H17N3O3S/c1-3-15-18(12(2)26-23-15)19(24)22-20-21-16-10-9-14(11-17(16)27-20)25-13-7-5-4-6-8-13/h4-11H,3H2,1-2H3,(H,21,22,24). The number of fused-ring (bicyclic) bond motifs is 1. The van der Waals surface area contributed by atoms with Crippen LogP contribution in [0, 0.1) is 6.92 Å². The van der Waals surface area contributed by atoms with Gasteiger partial charge in [0.2, 0.25) is 0 Å². The molecule has 0 saturated heterocycles. The van der Waals surface area contributed by atoms with Crippen molar-refractivity contribution in [2.24, 2.45) is 0 Å². The normalized spacial score (nSPS) is 10.9. The van der Waals surface area contributed by atoms with Crippen LogP contribution < -0.4 is 10.1 Å². The van der Waals surface area contributed by atoms with Crippen LogP contribution in [0.2, 0.25) is 0 Å². The Kier molecular flexibility index (Phi) is 4.60. The van der Waals surface area contributed by atoms with Crippen LogP contribution in [0.25, 0.3) is 10.2 Å². The smallest absolute Gasteiger partial charge is 0.262 e. The van der Waals surface area contributed by atoms with Gasteiger partial charge in [0.15, 0.2) is 5.13 Å². The van der Waals surface area contributed by atoms with Gasteiger partial charge in [-0.2, -0.15) is 0 Å². The second-order valence-electron chi connectivity index (χ2n) is 5.93. The molecule has 1 amide bonds. The van der Waals surface area contributed by atoms with Crippen LogP contribution >= 0.6 is 11.3 Å². The van der Waals surface area contributed by atoms with Crippen LogP contribution in [0.3, 0.4) is 0 Å². The lowest BCUT2D eigenvalue weighted by molar-refractivity contribution is 0.102. The summed E-state index contributed by atoms with van der Waals surface area (Å²) in [4.78, 5) is 17.1. The van der Waals surface area contributed by atoms with E-state index < -0.39 is 0 Å². The summed E-state index contributed by atoms with van der Waals surface area (Å²) in [6.45, 7) is 3.66. The first-order valence-electron chi connectivity index (χ1n) is 8.54. The fraction of sp³-hybridized carbons (Fsp3) is 0.150.